The maximum atomic E-state index is 13.7. The van der Waals surface area contributed by atoms with Crippen molar-refractivity contribution in [3.63, 3.8) is 0 Å². The number of nitrogens with zero attached hydrogens (tertiary/aromatic N) is 3. The van der Waals surface area contributed by atoms with Gasteiger partial charge in [0.15, 0.2) is 16.8 Å². The van der Waals surface area contributed by atoms with Crippen LogP contribution < -0.4 is 5.73 Å². The minimum atomic E-state index is -0.978. The van der Waals surface area contributed by atoms with E-state index in [4.69, 9.17) is 5.73 Å². The molecule has 1 atom stereocenters. The average Bonchev–Trinajstić information content (AvgIpc) is 2.53. The Kier molecular flexibility index (Phi) is 4.86. The summed E-state index contributed by atoms with van der Waals surface area (Å²) in [6.07, 6.45) is 2.86. The Morgan fingerprint density at radius 3 is 2.85 bits per heavy atom. The van der Waals surface area contributed by atoms with Gasteiger partial charge in [-0.1, -0.05) is 18.3 Å². The molecule has 0 unspecified atom stereocenters. The number of amidine groups is 1. The Bertz CT molecular complexity index is 931. The molecule has 0 saturated heterocycles. The lowest BCUT2D eigenvalue weighted by molar-refractivity contribution is 0.0983. The number of carbonyl (C=O) groups excluding carboxylic acids is 1. The van der Waals surface area contributed by atoms with Crippen molar-refractivity contribution in [3.8, 4) is 0 Å². The molecule has 2 aromatic rings. The first-order valence-corrected chi connectivity index (χ1v) is 8.59. The minimum absolute atomic E-state index is 0.0873. The summed E-state index contributed by atoms with van der Waals surface area (Å²) in [5, 5.41) is 0.407. The summed E-state index contributed by atoms with van der Waals surface area (Å²) in [6.45, 7) is 5.84. The molecule has 5 nitrogen and oxygen atoms in total. The number of thioether (sulfide) groups is 1. The Labute approximate surface area is 153 Å². The van der Waals surface area contributed by atoms with Gasteiger partial charge >= 0.3 is 0 Å². The molecule has 134 valence electrons. The van der Waals surface area contributed by atoms with Crippen molar-refractivity contribution in [2.75, 3.05) is 0 Å². The molecule has 0 aliphatic carbocycles. The highest BCUT2D eigenvalue weighted by Crippen LogP contribution is 2.39. The molecule has 1 aliphatic rings. The van der Waals surface area contributed by atoms with E-state index in [9.17, 15) is 13.6 Å². The molecule has 1 aliphatic heterocycles. The first-order valence-electron chi connectivity index (χ1n) is 7.77. The number of rotatable bonds is 4. The number of pyridine rings is 2. The molecule has 3 rings (SSSR count). The minimum Gasteiger partial charge on any atom is -0.378 e. The lowest BCUT2D eigenvalue weighted by atomic mass is 9.92. The summed E-state index contributed by atoms with van der Waals surface area (Å²) in [6, 6.07) is 4.03. The quantitative estimate of drug-likeness (QED) is 0.830. The Balaban J connectivity index is 1.87. The van der Waals surface area contributed by atoms with Crippen molar-refractivity contribution < 1.29 is 13.6 Å². The maximum Gasteiger partial charge on any atom is 0.188 e. The van der Waals surface area contributed by atoms with Gasteiger partial charge in [-0.15, -0.1) is 0 Å². The maximum absolute atomic E-state index is 13.7. The Morgan fingerprint density at radius 1 is 1.38 bits per heavy atom. The molecule has 0 bridgehead atoms. The highest BCUT2D eigenvalue weighted by atomic mass is 32.2. The molecule has 2 N–H and O–H groups in total. The van der Waals surface area contributed by atoms with E-state index >= 15 is 0 Å². The second-order valence-corrected chi connectivity index (χ2v) is 7.37. The van der Waals surface area contributed by atoms with Crippen LogP contribution in [0.15, 0.2) is 47.1 Å². The zero-order chi connectivity index (χ0) is 18.9. The van der Waals surface area contributed by atoms with Gasteiger partial charge in [-0.3, -0.25) is 9.78 Å². The number of nitrogens with two attached hydrogens (primary N) is 1. The number of aromatic nitrogens is 2. The predicted molar refractivity (Wildman–Crippen MR) is 96.7 cm³/mol. The molecule has 0 aromatic carbocycles. The van der Waals surface area contributed by atoms with Crippen molar-refractivity contribution in [1.29, 1.82) is 0 Å². The Hall–Kier alpha value is -2.61. The van der Waals surface area contributed by atoms with Gasteiger partial charge in [0.1, 0.15) is 17.1 Å². The second-order valence-electron chi connectivity index (χ2n) is 6.17. The second kappa shape index (κ2) is 6.95. The predicted octanol–water partition coefficient (Wildman–Crippen LogP) is 3.36. The van der Waals surface area contributed by atoms with Gasteiger partial charge in [-0.05, 0) is 29.5 Å². The van der Waals surface area contributed by atoms with Gasteiger partial charge in [0, 0.05) is 25.1 Å². The van der Waals surface area contributed by atoms with E-state index in [1.165, 1.54) is 11.8 Å². The van der Waals surface area contributed by atoms with E-state index in [0.29, 0.717) is 28.9 Å². The van der Waals surface area contributed by atoms with Crippen molar-refractivity contribution >= 4 is 22.7 Å². The van der Waals surface area contributed by atoms with Crippen LogP contribution in [0.4, 0.5) is 8.78 Å². The summed E-state index contributed by atoms with van der Waals surface area (Å²) in [5.41, 5.74) is 6.06. The van der Waals surface area contributed by atoms with E-state index in [0.717, 1.165) is 11.1 Å². The van der Waals surface area contributed by atoms with Crippen molar-refractivity contribution in [2.24, 2.45) is 10.7 Å². The third kappa shape index (κ3) is 3.80. The monoisotopic (exact) mass is 374 g/mol. The van der Waals surface area contributed by atoms with Gasteiger partial charge < -0.3 is 5.73 Å². The Morgan fingerprint density at radius 2 is 2.15 bits per heavy atom. The van der Waals surface area contributed by atoms with E-state index in [1.54, 1.807) is 18.3 Å². The smallest absolute Gasteiger partial charge is 0.188 e. The van der Waals surface area contributed by atoms with Crippen molar-refractivity contribution in [2.45, 2.75) is 25.3 Å². The van der Waals surface area contributed by atoms with E-state index in [1.807, 2.05) is 6.92 Å². The van der Waals surface area contributed by atoms with Crippen LogP contribution in [0.2, 0.25) is 0 Å². The summed E-state index contributed by atoms with van der Waals surface area (Å²) in [5.74, 6) is -2.35. The lowest BCUT2D eigenvalue weighted by Crippen LogP contribution is -2.28. The fraction of sp³-hybridized carbons (Fsp3) is 0.222. The van der Waals surface area contributed by atoms with Gasteiger partial charge in [0.05, 0.1) is 11.9 Å². The first-order chi connectivity index (χ1) is 12.3. The first kappa shape index (κ1) is 18.2. The summed E-state index contributed by atoms with van der Waals surface area (Å²) in [7, 11) is 0. The molecule has 0 radical (unpaired) electrons. The van der Waals surface area contributed by atoms with Gasteiger partial charge in [0.25, 0.3) is 0 Å². The molecular formula is C18H16F2N4OS. The van der Waals surface area contributed by atoms with Crippen LogP contribution in [0.5, 0.6) is 0 Å². The number of ketones is 1. The van der Waals surface area contributed by atoms with Crippen LogP contribution in [0.3, 0.4) is 0 Å². The van der Waals surface area contributed by atoms with Crippen LogP contribution in [-0.4, -0.2) is 20.9 Å². The molecular weight excluding hydrogens is 358 g/mol. The molecule has 0 fully saturated rings. The third-order valence-corrected chi connectivity index (χ3v) is 4.69. The van der Waals surface area contributed by atoms with Gasteiger partial charge in [-0.25, -0.2) is 18.8 Å². The molecule has 0 saturated carbocycles. The fourth-order valence-corrected chi connectivity index (χ4v) is 3.69. The number of hydrogen-bond donors (Lipinski definition) is 1. The van der Waals surface area contributed by atoms with E-state index < -0.39 is 23.0 Å². The molecule has 0 amide bonds. The standard InChI is InChI=1S/C18H16F2N4OS/c1-10-8-18(2,24-17(21)26-10)15-6-11(3-4-22-15)5-14(25)16-13(20)7-12(19)9-23-16/h3-4,6-7,9H,1,5,8H2,2H3,(H2,21,24)/t18-/m0/s1. The van der Waals surface area contributed by atoms with Crippen LogP contribution >= 0.6 is 11.8 Å². The highest BCUT2D eigenvalue weighted by molar-refractivity contribution is 8.17. The van der Waals surface area contributed by atoms with Crippen LogP contribution in [0, 0.1) is 11.6 Å². The van der Waals surface area contributed by atoms with Gasteiger partial charge in [-0.2, -0.15) is 0 Å². The number of carbonyl (C=O) groups is 1. The summed E-state index contributed by atoms with van der Waals surface area (Å²) in [4.78, 5) is 25.6. The number of halogens is 2. The SMILES string of the molecule is C=C1C[C@@](C)(c2cc(CC(=O)c3ncc(F)cc3F)ccn2)N=C(N)S1. The van der Waals surface area contributed by atoms with E-state index in [2.05, 4.69) is 21.5 Å². The molecule has 0 spiro atoms. The highest BCUT2D eigenvalue weighted by Gasteiger charge is 2.33. The molecule has 26 heavy (non-hydrogen) atoms. The summed E-state index contributed by atoms with van der Waals surface area (Å²) < 4.78 is 26.7. The normalized spacial score (nSPS) is 20.0. The number of aliphatic imine (C=N–C) groups is 1. The zero-order valence-corrected chi connectivity index (χ0v) is 14.8. The van der Waals surface area contributed by atoms with Crippen molar-refractivity contribution in [1.82, 2.24) is 9.97 Å². The third-order valence-electron chi connectivity index (χ3n) is 3.96. The lowest BCUT2D eigenvalue weighted by Gasteiger charge is -2.30. The topological polar surface area (TPSA) is 81.2 Å². The van der Waals surface area contributed by atoms with Gasteiger partial charge in [0.2, 0.25) is 0 Å². The number of Topliss-reactive ketones (excluding diaryl/α,β-unsaturated/α-hetero) is 1. The van der Waals surface area contributed by atoms with E-state index in [-0.39, 0.29) is 12.1 Å². The summed E-state index contributed by atoms with van der Waals surface area (Å²) >= 11 is 1.32. The number of hydrogen-bond acceptors (Lipinski definition) is 6. The largest absolute Gasteiger partial charge is 0.378 e. The molecule has 8 heteroatoms. The average molecular weight is 374 g/mol. The van der Waals surface area contributed by atoms with Crippen molar-refractivity contribution in [3.05, 3.63) is 70.7 Å². The zero-order valence-electron chi connectivity index (χ0n) is 14.0. The molecule has 3 heterocycles. The fourth-order valence-electron chi connectivity index (χ4n) is 2.79. The van der Waals surface area contributed by atoms with Crippen LogP contribution in [0.1, 0.15) is 35.1 Å². The molecule has 2 aromatic heterocycles. The van der Waals surface area contributed by atoms with Crippen LogP contribution in [-0.2, 0) is 12.0 Å². The van der Waals surface area contributed by atoms with Crippen LogP contribution in [0.25, 0.3) is 0 Å².